The number of nitrogens with zero attached hydrogens (tertiary/aromatic N) is 1. The molecule has 0 aromatic heterocycles. The van der Waals surface area contributed by atoms with Gasteiger partial charge in [0.25, 0.3) is 0 Å². The molecule has 0 N–H and O–H groups in total. The van der Waals surface area contributed by atoms with Crippen molar-refractivity contribution in [1.82, 2.24) is 4.31 Å². The molecule has 3 nitrogen and oxygen atoms in total. The van der Waals surface area contributed by atoms with E-state index in [0.29, 0.717) is 23.9 Å². The molecule has 1 aliphatic rings. The van der Waals surface area contributed by atoms with E-state index in [1.54, 1.807) is 12.1 Å². The number of benzene rings is 1. The molecule has 0 bridgehead atoms. The standard InChI is InChI=1S/C14H18ClNO2S/c1-12-7-10-16(11-8-12)19(17,18)14-4-2-13(3-5-14)6-9-15/h2-5,7H,6,8-11H2,1H3. The Morgan fingerprint density at radius 2 is 1.95 bits per heavy atom. The topological polar surface area (TPSA) is 37.4 Å². The van der Waals surface area contributed by atoms with E-state index >= 15 is 0 Å². The smallest absolute Gasteiger partial charge is 0.207 e. The minimum Gasteiger partial charge on any atom is -0.207 e. The zero-order valence-electron chi connectivity index (χ0n) is 11.0. The van der Waals surface area contributed by atoms with Gasteiger partial charge in [-0.2, -0.15) is 4.31 Å². The first kappa shape index (κ1) is 14.6. The van der Waals surface area contributed by atoms with Crippen LogP contribution >= 0.6 is 11.6 Å². The molecule has 1 aromatic rings. The van der Waals surface area contributed by atoms with Crippen LogP contribution in [-0.2, 0) is 16.4 Å². The predicted molar refractivity (Wildman–Crippen MR) is 78.0 cm³/mol. The summed E-state index contributed by atoms with van der Waals surface area (Å²) < 4.78 is 26.4. The molecule has 1 aliphatic heterocycles. The van der Waals surface area contributed by atoms with Crippen molar-refractivity contribution in [2.24, 2.45) is 0 Å². The highest BCUT2D eigenvalue weighted by Gasteiger charge is 2.25. The molecule has 0 unspecified atom stereocenters. The zero-order valence-corrected chi connectivity index (χ0v) is 12.5. The van der Waals surface area contributed by atoms with E-state index in [-0.39, 0.29) is 0 Å². The monoisotopic (exact) mass is 299 g/mol. The molecule has 104 valence electrons. The van der Waals surface area contributed by atoms with Crippen molar-refractivity contribution in [3.05, 3.63) is 41.5 Å². The van der Waals surface area contributed by atoms with Crippen LogP contribution in [-0.4, -0.2) is 31.7 Å². The van der Waals surface area contributed by atoms with Gasteiger partial charge in [0.1, 0.15) is 0 Å². The van der Waals surface area contributed by atoms with E-state index < -0.39 is 10.0 Å². The Morgan fingerprint density at radius 3 is 2.47 bits per heavy atom. The third-order valence-electron chi connectivity index (χ3n) is 3.34. The second-order valence-corrected chi connectivity index (χ2v) is 7.06. The quantitative estimate of drug-likeness (QED) is 0.633. The fourth-order valence-corrected chi connectivity index (χ4v) is 3.66. The maximum atomic E-state index is 12.4. The molecule has 0 atom stereocenters. The summed E-state index contributed by atoms with van der Waals surface area (Å²) in [6.45, 7) is 3.07. The van der Waals surface area contributed by atoms with Gasteiger partial charge in [-0.05, 0) is 37.5 Å². The molecule has 0 fully saturated rings. The number of halogens is 1. The number of hydrogen-bond donors (Lipinski definition) is 0. The van der Waals surface area contributed by atoms with Crippen LogP contribution in [0.2, 0.25) is 0 Å². The molecular weight excluding hydrogens is 282 g/mol. The van der Waals surface area contributed by atoms with Crippen LogP contribution in [0.5, 0.6) is 0 Å². The number of aryl methyl sites for hydroxylation is 1. The van der Waals surface area contributed by atoms with Crippen LogP contribution in [0.15, 0.2) is 40.8 Å². The van der Waals surface area contributed by atoms with Gasteiger partial charge in [0.2, 0.25) is 10.0 Å². The summed E-state index contributed by atoms with van der Waals surface area (Å²) in [5, 5.41) is 0. The van der Waals surface area contributed by atoms with E-state index in [4.69, 9.17) is 11.6 Å². The fraction of sp³-hybridized carbons (Fsp3) is 0.429. The Kier molecular flexibility index (Phi) is 4.66. The van der Waals surface area contributed by atoms with Crippen molar-refractivity contribution in [2.45, 2.75) is 24.7 Å². The van der Waals surface area contributed by atoms with Crippen LogP contribution in [0.3, 0.4) is 0 Å². The third-order valence-corrected chi connectivity index (χ3v) is 5.41. The summed E-state index contributed by atoms with van der Waals surface area (Å²) in [7, 11) is -3.36. The van der Waals surface area contributed by atoms with Crippen LogP contribution in [0.25, 0.3) is 0 Å². The molecule has 0 saturated carbocycles. The van der Waals surface area contributed by atoms with Gasteiger partial charge < -0.3 is 0 Å². The molecule has 0 radical (unpaired) electrons. The van der Waals surface area contributed by atoms with Gasteiger partial charge in [0.05, 0.1) is 4.90 Å². The summed E-state index contributed by atoms with van der Waals surface area (Å²) in [4.78, 5) is 0.360. The summed E-state index contributed by atoms with van der Waals surface area (Å²) in [6, 6.07) is 7.01. The normalized spacial score (nSPS) is 17.3. The maximum Gasteiger partial charge on any atom is 0.243 e. The Bertz CT molecular complexity index is 564. The van der Waals surface area contributed by atoms with E-state index in [0.717, 1.165) is 18.4 Å². The molecule has 0 amide bonds. The minimum atomic E-state index is -3.36. The maximum absolute atomic E-state index is 12.4. The molecular formula is C14H18ClNO2S. The zero-order chi connectivity index (χ0) is 13.9. The van der Waals surface area contributed by atoms with Gasteiger partial charge in [-0.3, -0.25) is 0 Å². The number of sulfonamides is 1. The summed E-state index contributed by atoms with van der Waals surface area (Å²) >= 11 is 5.67. The van der Waals surface area contributed by atoms with Crippen molar-refractivity contribution in [3.63, 3.8) is 0 Å². The van der Waals surface area contributed by atoms with Gasteiger partial charge in [0, 0.05) is 19.0 Å². The Hall–Kier alpha value is -0.840. The minimum absolute atomic E-state index is 0.360. The first-order valence-corrected chi connectivity index (χ1v) is 8.32. The van der Waals surface area contributed by atoms with Crippen molar-refractivity contribution >= 4 is 21.6 Å². The van der Waals surface area contributed by atoms with E-state index in [1.807, 2.05) is 25.1 Å². The summed E-state index contributed by atoms with van der Waals surface area (Å²) in [5.74, 6) is 0.544. The van der Waals surface area contributed by atoms with Gasteiger partial charge >= 0.3 is 0 Å². The summed E-state index contributed by atoms with van der Waals surface area (Å²) in [6.07, 6.45) is 3.54. The Balaban J connectivity index is 2.20. The van der Waals surface area contributed by atoms with Crippen molar-refractivity contribution in [2.75, 3.05) is 19.0 Å². The Morgan fingerprint density at radius 1 is 1.26 bits per heavy atom. The van der Waals surface area contributed by atoms with Gasteiger partial charge in [0.15, 0.2) is 0 Å². The third kappa shape index (κ3) is 3.38. The van der Waals surface area contributed by atoms with Crippen LogP contribution < -0.4 is 0 Å². The van der Waals surface area contributed by atoms with Crippen molar-refractivity contribution in [1.29, 1.82) is 0 Å². The van der Waals surface area contributed by atoms with Crippen LogP contribution in [0.1, 0.15) is 18.9 Å². The summed E-state index contributed by atoms with van der Waals surface area (Å²) in [5.41, 5.74) is 2.31. The highest BCUT2D eigenvalue weighted by atomic mass is 35.5. The second kappa shape index (κ2) is 6.07. The lowest BCUT2D eigenvalue weighted by atomic mass is 10.1. The molecule has 5 heteroatoms. The van der Waals surface area contributed by atoms with Gasteiger partial charge in [-0.25, -0.2) is 8.42 Å². The second-order valence-electron chi connectivity index (χ2n) is 4.75. The molecule has 1 heterocycles. The molecule has 0 spiro atoms. The van der Waals surface area contributed by atoms with Gasteiger partial charge in [-0.1, -0.05) is 23.8 Å². The Labute approximate surface area is 119 Å². The molecule has 0 saturated heterocycles. The van der Waals surface area contributed by atoms with Crippen molar-refractivity contribution < 1.29 is 8.42 Å². The highest BCUT2D eigenvalue weighted by molar-refractivity contribution is 7.89. The lowest BCUT2D eigenvalue weighted by Crippen LogP contribution is -2.34. The largest absolute Gasteiger partial charge is 0.243 e. The van der Waals surface area contributed by atoms with Gasteiger partial charge in [-0.15, -0.1) is 11.6 Å². The van der Waals surface area contributed by atoms with E-state index in [9.17, 15) is 8.42 Å². The molecule has 0 aliphatic carbocycles. The lowest BCUT2D eigenvalue weighted by molar-refractivity contribution is 0.431. The average molecular weight is 300 g/mol. The van der Waals surface area contributed by atoms with Crippen LogP contribution in [0, 0.1) is 0 Å². The number of rotatable bonds is 4. The van der Waals surface area contributed by atoms with Crippen LogP contribution in [0.4, 0.5) is 0 Å². The number of hydrogen-bond acceptors (Lipinski definition) is 2. The molecule has 2 rings (SSSR count). The number of alkyl halides is 1. The molecule has 1 aromatic carbocycles. The van der Waals surface area contributed by atoms with Crippen molar-refractivity contribution in [3.8, 4) is 0 Å². The molecule has 19 heavy (non-hydrogen) atoms. The SMILES string of the molecule is CC1=CCN(S(=O)(=O)c2ccc(CCCl)cc2)CC1. The van der Waals surface area contributed by atoms with E-state index in [2.05, 4.69) is 0 Å². The first-order chi connectivity index (χ1) is 9.04. The highest BCUT2D eigenvalue weighted by Crippen LogP contribution is 2.20. The predicted octanol–water partition coefficient (Wildman–Crippen LogP) is 2.81. The fourth-order valence-electron chi connectivity index (χ4n) is 2.06. The lowest BCUT2D eigenvalue weighted by Gasteiger charge is -2.24. The van der Waals surface area contributed by atoms with E-state index in [1.165, 1.54) is 9.88 Å². The first-order valence-electron chi connectivity index (χ1n) is 6.35. The average Bonchev–Trinajstić information content (AvgIpc) is 2.40.